The number of carbonyl (C=O) groups excluding carboxylic acids is 1. The number of nitrogens with zero attached hydrogens (tertiary/aromatic N) is 2. The minimum Gasteiger partial charge on any atom is -0.390 e. The summed E-state index contributed by atoms with van der Waals surface area (Å²) in [7, 11) is 0. The van der Waals surface area contributed by atoms with Gasteiger partial charge >= 0.3 is 0 Å². The van der Waals surface area contributed by atoms with Crippen molar-refractivity contribution in [3.63, 3.8) is 0 Å². The molecule has 1 aliphatic heterocycles. The second-order valence-corrected chi connectivity index (χ2v) is 9.08. The number of anilines is 1. The second kappa shape index (κ2) is 5.47. The van der Waals surface area contributed by atoms with Crippen LogP contribution in [0.15, 0.2) is 30.3 Å². The Bertz CT molecular complexity index is 652. The third-order valence-corrected chi connectivity index (χ3v) is 7.17. The molecule has 1 aromatic carbocycles. The Morgan fingerprint density at radius 3 is 2.20 bits per heavy atom. The van der Waals surface area contributed by atoms with Crippen LogP contribution in [0, 0.1) is 17.3 Å². The zero-order valence-corrected chi connectivity index (χ0v) is 14.9. The van der Waals surface area contributed by atoms with E-state index in [9.17, 15) is 9.90 Å². The first-order chi connectivity index (χ1) is 12.1. The molecule has 1 heterocycles. The number of benzene rings is 1. The van der Waals surface area contributed by atoms with Gasteiger partial charge in [0.05, 0.1) is 11.0 Å². The zero-order chi connectivity index (χ0) is 17.1. The molecule has 4 bridgehead atoms. The van der Waals surface area contributed by atoms with Gasteiger partial charge in [0.15, 0.2) is 0 Å². The van der Waals surface area contributed by atoms with Crippen LogP contribution >= 0.6 is 0 Å². The summed E-state index contributed by atoms with van der Waals surface area (Å²) in [5.74, 6) is 1.48. The Labute approximate surface area is 149 Å². The van der Waals surface area contributed by atoms with Crippen LogP contribution in [0.1, 0.15) is 38.5 Å². The predicted molar refractivity (Wildman–Crippen MR) is 97.3 cm³/mol. The average molecular weight is 340 g/mol. The maximum Gasteiger partial charge on any atom is 0.229 e. The molecule has 0 spiro atoms. The monoisotopic (exact) mass is 340 g/mol. The third kappa shape index (κ3) is 2.57. The van der Waals surface area contributed by atoms with Crippen LogP contribution in [0.5, 0.6) is 0 Å². The normalized spacial score (nSPS) is 39.7. The first-order valence-electron chi connectivity index (χ1n) is 9.87. The molecule has 2 unspecified atom stereocenters. The van der Waals surface area contributed by atoms with E-state index in [2.05, 4.69) is 34.1 Å². The van der Waals surface area contributed by atoms with E-state index in [4.69, 9.17) is 0 Å². The van der Waals surface area contributed by atoms with E-state index in [1.54, 1.807) is 0 Å². The van der Waals surface area contributed by atoms with Crippen molar-refractivity contribution < 1.29 is 9.90 Å². The van der Waals surface area contributed by atoms with Crippen LogP contribution in [-0.4, -0.2) is 47.7 Å². The Kier molecular flexibility index (Phi) is 3.43. The number of carbonyl (C=O) groups is 1. The highest BCUT2D eigenvalue weighted by Gasteiger charge is 2.60. The summed E-state index contributed by atoms with van der Waals surface area (Å²) in [5.41, 5.74) is 0.443. The second-order valence-electron chi connectivity index (χ2n) is 9.08. The molecule has 1 N–H and O–H groups in total. The molecule has 4 nitrogen and oxygen atoms in total. The lowest BCUT2D eigenvalue weighted by Crippen LogP contribution is -2.62. The largest absolute Gasteiger partial charge is 0.390 e. The molecule has 0 radical (unpaired) electrons. The minimum absolute atomic E-state index is 0.256. The molecule has 0 aromatic heterocycles. The van der Waals surface area contributed by atoms with Gasteiger partial charge in [-0.2, -0.15) is 0 Å². The van der Waals surface area contributed by atoms with E-state index < -0.39 is 5.60 Å². The lowest BCUT2D eigenvalue weighted by molar-refractivity contribution is -0.186. The number of para-hydroxylation sites is 1. The summed E-state index contributed by atoms with van der Waals surface area (Å²) in [6.07, 6.45) is 5.84. The molecule has 1 amide bonds. The van der Waals surface area contributed by atoms with E-state index in [0.717, 1.165) is 51.9 Å². The van der Waals surface area contributed by atoms with Crippen LogP contribution < -0.4 is 4.90 Å². The number of hydrogen-bond acceptors (Lipinski definition) is 3. The van der Waals surface area contributed by atoms with Crippen LogP contribution in [0.4, 0.5) is 5.69 Å². The van der Waals surface area contributed by atoms with Gasteiger partial charge in [0, 0.05) is 31.9 Å². The van der Waals surface area contributed by atoms with E-state index in [1.807, 2.05) is 6.07 Å². The van der Waals surface area contributed by atoms with E-state index in [1.165, 1.54) is 12.1 Å². The average Bonchev–Trinajstić information content (AvgIpc) is 2.60. The fourth-order valence-electron chi connectivity index (χ4n) is 6.61. The Morgan fingerprint density at radius 1 is 0.960 bits per heavy atom. The smallest absolute Gasteiger partial charge is 0.229 e. The van der Waals surface area contributed by atoms with Crippen LogP contribution in [0.3, 0.4) is 0 Å². The first kappa shape index (κ1) is 15.7. The van der Waals surface area contributed by atoms with Gasteiger partial charge in [-0.05, 0) is 62.5 Å². The molecule has 5 fully saturated rings. The lowest BCUT2D eigenvalue weighted by atomic mass is 9.47. The van der Waals surface area contributed by atoms with Crippen molar-refractivity contribution in [3.05, 3.63) is 30.3 Å². The van der Waals surface area contributed by atoms with Gasteiger partial charge in [-0.1, -0.05) is 18.2 Å². The van der Waals surface area contributed by atoms with Gasteiger partial charge in [-0.15, -0.1) is 0 Å². The summed E-state index contributed by atoms with van der Waals surface area (Å²) in [6.45, 7) is 3.43. The molecule has 5 aliphatic rings. The molecule has 1 saturated heterocycles. The molecular formula is C21H28N2O2. The fourth-order valence-corrected chi connectivity index (χ4v) is 6.61. The molecule has 4 saturated carbocycles. The van der Waals surface area contributed by atoms with Crippen molar-refractivity contribution in [2.24, 2.45) is 17.3 Å². The standard InChI is InChI=1S/C21H28N2O2/c24-19(20-11-16-10-17(12-20)14-21(25,13-16)15-20)23-8-6-22(7-9-23)18-4-2-1-3-5-18/h1-5,16-17,25H,6-15H2/t16-,17+,20?,21?. The minimum atomic E-state index is -0.550. The van der Waals surface area contributed by atoms with Crippen LogP contribution in [0.2, 0.25) is 0 Å². The van der Waals surface area contributed by atoms with Crippen molar-refractivity contribution in [2.75, 3.05) is 31.1 Å². The summed E-state index contributed by atoms with van der Waals surface area (Å²) in [5, 5.41) is 10.9. The molecule has 1 aromatic rings. The molecule has 4 aliphatic carbocycles. The predicted octanol–water partition coefficient (Wildman–Crippen LogP) is 2.67. The van der Waals surface area contributed by atoms with Gasteiger partial charge in [0.1, 0.15) is 0 Å². The molecule has 25 heavy (non-hydrogen) atoms. The summed E-state index contributed by atoms with van der Waals surface area (Å²) in [6, 6.07) is 10.5. The SMILES string of the molecule is O=C(N1CCN(c2ccccc2)CC1)C12C[C@@H]3C[C@@H](CC(O)(C3)C1)C2. The lowest BCUT2D eigenvalue weighted by Gasteiger charge is -2.60. The van der Waals surface area contributed by atoms with Crippen LogP contribution in [-0.2, 0) is 4.79 Å². The third-order valence-electron chi connectivity index (χ3n) is 7.17. The van der Waals surface area contributed by atoms with Gasteiger partial charge in [-0.3, -0.25) is 4.79 Å². The molecular weight excluding hydrogens is 312 g/mol. The van der Waals surface area contributed by atoms with E-state index in [0.29, 0.717) is 24.2 Å². The number of aliphatic hydroxyl groups is 1. The molecule has 6 rings (SSSR count). The van der Waals surface area contributed by atoms with E-state index >= 15 is 0 Å². The van der Waals surface area contributed by atoms with Gasteiger partial charge < -0.3 is 14.9 Å². The summed E-state index contributed by atoms with van der Waals surface area (Å²) in [4.78, 5) is 17.9. The number of rotatable bonds is 2. The molecule has 4 atom stereocenters. The molecule has 134 valence electrons. The number of piperazine rings is 1. The van der Waals surface area contributed by atoms with Crippen molar-refractivity contribution >= 4 is 11.6 Å². The van der Waals surface area contributed by atoms with Crippen molar-refractivity contribution in [1.29, 1.82) is 0 Å². The first-order valence-corrected chi connectivity index (χ1v) is 9.87. The summed E-state index contributed by atoms with van der Waals surface area (Å²) < 4.78 is 0. The Balaban J connectivity index is 1.30. The molecule has 4 heteroatoms. The quantitative estimate of drug-likeness (QED) is 0.900. The van der Waals surface area contributed by atoms with E-state index in [-0.39, 0.29) is 5.41 Å². The zero-order valence-electron chi connectivity index (χ0n) is 14.9. The van der Waals surface area contributed by atoms with Crippen molar-refractivity contribution in [1.82, 2.24) is 4.90 Å². The van der Waals surface area contributed by atoms with Gasteiger partial charge in [0.2, 0.25) is 5.91 Å². The topological polar surface area (TPSA) is 43.8 Å². The number of amides is 1. The highest BCUT2D eigenvalue weighted by atomic mass is 16.3. The Morgan fingerprint density at radius 2 is 1.60 bits per heavy atom. The van der Waals surface area contributed by atoms with Gasteiger partial charge in [-0.25, -0.2) is 0 Å². The van der Waals surface area contributed by atoms with Crippen LogP contribution in [0.25, 0.3) is 0 Å². The van der Waals surface area contributed by atoms with Gasteiger partial charge in [0.25, 0.3) is 0 Å². The highest BCUT2D eigenvalue weighted by Crippen LogP contribution is 2.62. The van der Waals surface area contributed by atoms with Crippen molar-refractivity contribution in [2.45, 2.75) is 44.1 Å². The summed E-state index contributed by atoms with van der Waals surface area (Å²) >= 11 is 0. The maximum absolute atomic E-state index is 13.4. The highest BCUT2D eigenvalue weighted by molar-refractivity contribution is 5.84. The Hall–Kier alpha value is -1.55. The van der Waals surface area contributed by atoms with Crippen molar-refractivity contribution in [3.8, 4) is 0 Å². The maximum atomic E-state index is 13.4. The fraction of sp³-hybridized carbons (Fsp3) is 0.667. The number of hydrogen-bond donors (Lipinski definition) is 1.